The third-order valence-corrected chi connectivity index (χ3v) is 3.96. The van der Waals surface area contributed by atoms with Crippen molar-refractivity contribution in [2.75, 3.05) is 0 Å². The van der Waals surface area contributed by atoms with Crippen molar-refractivity contribution in [1.82, 2.24) is 5.32 Å². The summed E-state index contributed by atoms with van der Waals surface area (Å²) in [6, 6.07) is 12.8. The summed E-state index contributed by atoms with van der Waals surface area (Å²) in [6.45, 7) is 5.11. The highest BCUT2D eigenvalue weighted by Gasteiger charge is 2.07. The second-order valence-corrected chi connectivity index (χ2v) is 5.37. The van der Waals surface area contributed by atoms with Crippen LogP contribution in [0.1, 0.15) is 34.5 Å². The summed E-state index contributed by atoms with van der Waals surface area (Å²) < 4.78 is 0. The molecule has 3 heteroatoms. The molecule has 1 aromatic carbocycles. The number of nitriles is 1. The zero-order chi connectivity index (χ0) is 13.0. The molecule has 2 nitrogen and oxygen atoms in total. The van der Waals surface area contributed by atoms with Crippen molar-refractivity contribution >= 4 is 11.3 Å². The quantitative estimate of drug-likeness (QED) is 0.903. The summed E-state index contributed by atoms with van der Waals surface area (Å²) in [6.07, 6.45) is 0. The van der Waals surface area contributed by atoms with Gasteiger partial charge in [0, 0.05) is 22.8 Å². The molecule has 92 valence electrons. The molecule has 0 aliphatic carbocycles. The van der Waals surface area contributed by atoms with Gasteiger partial charge in [-0.15, -0.1) is 11.3 Å². The van der Waals surface area contributed by atoms with Crippen LogP contribution in [0.3, 0.4) is 0 Å². The number of benzene rings is 1. The van der Waals surface area contributed by atoms with Gasteiger partial charge in [0.05, 0.1) is 5.56 Å². The zero-order valence-corrected chi connectivity index (χ0v) is 11.4. The Morgan fingerprint density at radius 2 is 2.17 bits per heavy atom. The van der Waals surface area contributed by atoms with Crippen molar-refractivity contribution in [2.45, 2.75) is 26.4 Å². The zero-order valence-electron chi connectivity index (χ0n) is 10.6. The van der Waals surface area contributed by atoms with Crippen LogP contribution in [-0.2, 0) is 6.54 Å². The summed E-state index contributed by atoms with van der Waals surface area (Å²) in [5, 5.41) is 14.2. The molecule has 0 aliphatic heterocycles. The van der Waals surface area contributed by atoms with Crippen molar-refractivity contribution in [1.29, 1.82) is 5.26 Å². The molecule has 0 aliphatic rings. The van der Waals surface area contributed by atoms with Gasteiger partial charge in [0.2, 0.25) is 0 Å². The van der Waals surface area contributed by atoms with E-state index in [9.17, 15) is 0 Å². The average Bonchev–Trinajstić information content (AvgIpc) is 2.84. The Morgan fingerprint density at radius 1 is 1.39 bits per heavy atom. The third-order valence-electron chi connectivity index (χ3n) is 3.02. The lowest BCUT2D eigenvalue weighted by Gasteiger charge is -2.15. The minimum absolute atomic E-state index is 0.318. The second-order valence-electron chi connectivity index (χ2n) is 4.37. The van der Waals surface area contributed by atoms with Gasteiger partial charge < -0.3 is 5.32 Å². The van der Waals surface area contributed by atoms with Crippen LogP contribution in [0.25, 0.3) is 0 Å². The summed E-state index contributed by atoms with van der Waals surface area (Å²) in [7, 11) is 0. The smallest absolute Gasteiger partial charge is 0.100 e. The predicted molar refractivity (Wildman–Crippen MR) is 75.5 cm³/mol. The number of rotatable bonds is 4. The van der Waals surface area contributed by atoms with E-state index in [0.29, 0.717) is 6.04 Å². The maximum absolute atomic E-state index is 8.78. The summed E-state index contributed by atoms with van der Waals surface area (Å²) >= 11 is 1.63. The molecule has 1 unspecified atom stereocenters. The number of aryl methyl sites for hydroxylation is 1. The molecule has 1 heterocycles. The minimum atomic E-state index is 0.318. The molecule has 1 N–H and O–H groups in total. The van der Waals surface area contributed by atoms with E-state index in [0.717, 1.165) is 12.1 Å². The molecule has 0 fully saturated rings. The van der Waals surface area contributed by atoms with Gasteiger partial charge in [-0.3, -0.25) is 0 Å². The van der Waals surface area contributed by atoms with E-state index in [1.54, 1.807) is 11.3 Å². The average molecular weight is 256 g/mol. The SMILES string of the molecule is Cc1ccccc1C(C)NCc1cc(C#N)cs1. The number of hydrogen-bond acceptors (Lipinski definition) is 3. The Kier molecular flexibility index (Phi) is 4.14. The fourth-order valence-electron chi connectivity index (χ4n) is 1.97. The van der Waals surface area contributed by atoms with Gasteiger partial charge in [-0.1, -0.05) is 24.3 Å². The van der Waals surface area contributed by atoms with Crippen LogP contribution in [0.5, 0.6) is 0 Å². The monoisotopic (exact) mass is 256 g/mol. The van der Waals surface area contributed by atoms with Gasteiger partial charge >= 0.3 is 0 Å². The van der Waals surface area contributed by atoms with E-state index in [1.165, 1.54) is 16.0 Å². The molecular weight excluding hydrogens is 240 g/mol. The molecule has 0 radical (unpaired) electrons. The van der Waals surface area contributed by atoms with Crippen molar-refractivity contribution < 1.29 is 0 Å². The van der Waals surface area contributed by atoms with Crippen molar-refractivity contribution in [3.8, 4) is 6.07 Å². The lowest BCUT2D eigenvalue weighted by atomic mass is 10.0. The molecule has 18 heavy (non-hydrogen) atoms. The molecule has 0 spiro atoms. The van der Waals surface area contributed by atoms with Crippen molar-refractivity contribution in [3.63, 3.8) is 0 Å². The Hall–Kier alpha value is -1.63. The van der Waals surface area contributed by atoms with E-state index in [-0.39, 0.29) is 0 Å². The van der Waals surface area contributed by atoms with Crippen LogP contribution in [0.15, 0.2) is 35.7 Å². The summed E-state index contributed by atoms with van der Waals surface area (Å²) in [5.74, 6) is 0. The predicted octanol–water partition coefficient (Wildman–Crippen LogP) is 3.78. The molecule has 0 saturated heterocycles. The third kappa shape index (κ3) is 2.98. The van der Waals surface area contributed by atoms with E-state index in [1.807, 2.05) is 11.4 Å². The molecular formula is C15H16N2S. The molecule has 1 aromatic heterocycles. The van der Waals surface area contributed by atoms with Gasteiger partial charge in [-0.2, -0.15) is 5.26 Å². The fourth-order valence-corrected chi connectivity index (χ4v) is 2.73. The van der Waals surface area contributed by atoms with Gasteiger partial charge in [0.1, 0.15) is 6.07 Å². The first kappa shape index (κ1) is 12.8. The molecule has 0 amide bonds. The van der Waals surface area contributed by atoms with Crippen LogP contribution < -0.4 is 5.32 Å². The molecule has 0 bridgehead atoms. The van der Waals surface area contributed by atoms with Crippen LogP contribution in [-0.4, -0.2) is 0 Å². The van der Waals surface area contributed by atoms with Gasteiger partial charge in [-0.25, -0.2) is 0 Å². The normalized spacial score (nSPS) is 12.1. The van der Waals surface area contributed by atoms with Crippen LogP contribution >= 0.6 is 11.3 Å². The first-order valence-corrected chi connectivity index (χ1v) is 6.85. The van der Waals surface area contributed by atoms with E-state index >= 15 is 0 Å². The highest BCUT2D eigenvalue weighted by atomic mass is 32.1. The molecule has 2 aromatic rings. The Morgan fingerprint density at radius 3 is 2.83 bits per heavy atom. The maximum Gasteiger partial charge on any atom is 0.100 e. The number of hydrogen-bond donors (Lipinski definition) is 1. The van der Waals surface area contributed by atoms with Crippen LogP contribution in [0.2, 0.25) is 0 Å². The Balaban J connectivity index is 1.98. The Bertz CT molecular complexity index is 566. The number of nitrogens with zero attached hydrogens (tertiary/aromatic N) is 1. The van der Waals surface area contributed by atoms with Crippen LogP contribution in [0, 0.1) is 18.3 Å². The lowest BCUT2D eigenvalue weighted by Crippen LogP contribution is -2.18. The van der Waals surface area contributed by atoms with Gasteiger partial charge in [-0.05, 0) is 31.0 Å². The summed E-state index contributed by atoms with van der Waals surface area (Å²) in [4.78, 5) is 1.20. The van der Waals surface area contributed by atoms with E-state index in [2.05, 4.69) is 49.5 Å². The highest BCUT2D eigenvalue weighted by Crippen LogP contribution is 2.19. The Labute approximate surface area is 112 Å². The fraction of sp³-hybridized carbons (Fsp3) is 0.267. The topological polar surface area (TPSA) is 35.8 Å². The van der Waals surface area contributed by atoms with Gasteiger partial charge in [0.15, 0.2) is 0 Å². The largest absolute Gasteiger partial charge is 0.305 e. The minimum Gasteiger partial charge on any atom is -0.305 e. The molecule has 2 rings (SSSR count). The first-order chi connectivity index (χ1) is 8.70. The van der Waals surface area contributed by atoms with Crippen molar-refractivity contribution in [3.05, 3.63) is 57.3 Å². The summed E-state index contributed by atoms with van der Waals surface area (Å²) in [5.41, 5.74) is 3.39. The number of thiophene rings is 1. The molecule has 1 atom stereocenters. The van der Waals surface area contributed by atoms with Gasteiger partial charge in [0.25, 0.3) is 0 Å². The van der Waals surface area contributed by atoms with E-state index in [4.69, 9.17) is 5.26 Å². The standard InChI is InChI=1S/C15H16N2S/c1-11-5-3-4-6-15(11)12(2)17-9-14-7-13(8-16)10-18-14/h3-7,10,12,17H,9H2,1-2H3. The first-order valence-electron chi connectivity index (χ1n) is 5.97. The lowest BCUT2D eigenvalue weighted by molar-refractivity contribution is 0.576. The number of nitrogens with one attached hydrogen (secondary N) is 1. The maximum atomic E-state index is 8.78. The van der Waals surface area contributed by atoms with Crippen LogP contribution in [0.4, 0.5) is 0 Å². The molecule has 0 saturated carbocycles. The second kappa shape index (κ2) is 5.81. The van der Waals surface area contributed by atoms with Crippen molar-refractivity contribution in [2.24, 2.45) is 0 Å². The van der Waals surface area contributed by atoms with E-state index < -0.39 is 0 Å². The highest BCUT2D eigenvalue weighted by molar-refractivity contribution is 7.10.